The minimum Gasteiger partial charge on any atom is -0.469 e. The van der Waals surface area contributed by atoms with Crippen LogP contribution in [-0.4, -0.2) is 18.5 Å². The summed E-state index contributed by atoms with van der Waals surface area (Å²) < 4.78 is 17.5. The maximum absolute atomic E-state index is 13.0. The minimum absolute atomic E-state index is 0.161. The number of esters is 1. The Bertz CT molecular complexity index is 379. The molecule has 0 heterocycles. The summed E-state index contributed by atoms with van der Waals surface area (Å²) in [6.45, 7) is 1.70. The van der Waals surface area contributed by atoms with E-state index < -0.39 is 0 Å². The second kappa shape index (κ2) is 5.85. The van der Waals surface area contributed by atoms with Crippen LogP contribution in [0.3, 0.4) is 0 Å². The smallest absolute Gasteiger partial charge is 0.307 e. The first-order valence-corrected chi connectivity index (χ1v) is 5.42. The number of halogens is 2. The van der Waals surface area contributed by atoms with Crippen molar-refractivity contribution in [3.05, 3.63) is 35.1 Å². The van der Waals surface area contributed by atoms with Gasteiger partial charge in [-0.3, -0.25) is 4.79 Å². The van der Waals surface area contributed by atoms with Gasteiger partial charge in [0.2, 0.25) is 0 Å². The molecule has 0 N–H and O–H groups in total. The molecule has 88 valence electrons. The average Bonchev–Trinajstić information content (AvgIpc) is 2.23. The molecule has 0 radical (unpaired) electrons. The summed E-state index contributed by atoms with van der Waals surface area (Å²) in [6.07, 6.45) is 0.687. The highest BCUT2D eigenvalue weighted by Crippen LogP contribution is 2.15. The molecule has 1 rings (SSSR count). The number of rotatable bonds is 4. The molecule has 2 nitrogen and oxygen atoms in total. The molecule has 0 aliphatic rings. The van der Waals surface area contributed by atoms with Gasteiger partial charge in [0.05, 0.1) is 13.5 Å². The first kappa shape index (κ1) is 13.0. The second-order valence-corrected chi connectivity index (χ2v) is 4.28. The van der Waals surface area contributed by atoms with Gasteiger partial charge in [-0.15, -0.1) is 11.6 Å². The molecule has 0 amide bonds. The highest BCUT2D eigenvalue weighted by molar-refractivity contribution is 6.21. The van der Waals surface area contributed by atoms with Crippen LogP contribution in [0.1, 0.15) is 17.5 Å². The molecule has 0 fully saturated rings. The van der Waals surface area contributed by atoms with Gasteiger partial charge in [-0.2, -0.15) is 0 Å². The molecule has 0 saturated carbocycles. The zero-order chi connectivity index (χ0) is 12.1. The molecule has 16 heavy (non-hydrogen) atoms. The van der Waals surface area contributed by atoms with Crippen molar-refractivity contribution in [2.45, 2.75) is 25.1 Å². The van der Waals surface area contributed by atoms with Crippen molar-refractivity contribution in [1.29, 1.82) is 0 Å². The second-order valence-electron chi connectivity index (χ2n) is 3.67. The zero-order valence-corrected chi connectivity index (χ0v) is 10.1. The number of alkyl halides is 1. The molecule has 1 unspecified atom stereocenters. The minimum atomic E-state index is -0.334. The van der Waals surface area contributed by atoms with Crippen LogP contribution in [0.15, 0.2) is 18.2 Å². The van der Waals surface area contributed by atoms with Crippen molar-refractivity contribution in [2.24, 2.45) is 0 Å². The van der Waals surface area contributed by atoms with E-state index in [9.17, 15) is 9.18 Å². The van der Waals surface area contributed by atoms with Crippen molar-refractivity contribution in [3.63, 3.8) is 0 Å². The van der Waals surface area contributed by atoms with Crippen molar-refractivity contribution in [2.75, 3.05) is 7.11 Å². The van der Waals surface area contributed by atoms with E-state index in [1.54, 1.807) is 19.1 Å². The quantitative estimate of drug-likeness (QED) is 0.601. The monoisotopic (exact) mass is 244 g/mol. The average molecular weight is 245 g/mol. The molecule has 0 aliphatic carbocycles. The summed E-state index contributed by atoms with van der Waals surface area (Å²) in [5.74, 6) is -0.568. The number of aryl methyl sites for hydroxylation is 1. The first-order valence-electron chi connectivity index (χ1n) is 4.99. The molecule has 0 saturated heterocycles. The lowest BCUT2D eigenvalue weighted by Crippen LogP contribution is -2.12. The third-order valence-electron chi connectivity index (χ3n) is 2.30. The van der Waals surface area contributed by atoms with Crippen LogP contribution < -0.4 is 0 Å². The normalized spacial score (nSPS) is 12.2. The van der Waals surface area contributed by atoms with E-state index in [1.807, 2.05) is 0 Å². The molecule has 1 aromatic rings. The molecule has 0 bridgehead atoms. The Morgan fingerprint density at radius 2 is 2.25 bits per heavy atom. The van der Waals surface area contributed by atoms with Crippen molar-refractivity contribution < 1.29 is 13.9 Å². The Labute approximate surface area is 99.4 Å². The molecular weight excluding hydrogens is 231 g/mol. The molecular formula is C12H14ClFO2. The Kier molecular flexibility index (Phi) is 4.74. The number of hydrogen-bond acceptors (Lipinski definition) is 2. The highest BCUT2D eigenvalue weighted by Gasteiger charge is 2.12. The third-order valence-corrected chi connectivity index (χ3v) is 2.60. The highest BCUT2D eigenvalue weighted by atomic mass is 35.5. The maximum atomic E-state index is 13.0. The van der Waals surface area contributed by atoms with Gasteiger partial charge in [0, 0.05) is 5.38 Å². The number of methoxy groups -OCH3 is 1. The zero-order valence-electron chi connectivity index (χ0n) is 9.30. The maximum Gasteiger partial charge on any atom is 0.307 e. The summed E-state index contributed by atoms with van der Waals surface area (Å²) in [4.78, 5) is 11.0. The van der Waals surface area contributed by atoms with Crippen LogP contribution in [0.5, 0.6) is 0 Å². The van der Waals surface area contributed by atoms with Gasteiger partial charge in [0.1, 0.15) is 5.82 Å². The van der Waals surface area contributed by atoms with Crippen LogP contribution >= 0.6 is 11.6 Å². The van der Waals surface area contributed by atoms with Crippen LogP contribution in [-0.2, 0) is 16.0 Å². The van der Waals surface area contributed by atoms with Crippen LogP contribution in [0, 0.1) is 12.7 Å². The summed E-state index contributed by atoms with van der Waals surface area (Å²) in [5.41, 5.74) is 1.50. The van der Waals surface area contributed by atoms with Gasteiger partial charge in [-0.25, -0.2) is 4.39 Å². The fourth-order valence-corrected chi connectivity index (χ4v) is 1.73. The summed E-state index contributed by atoms with van der Waals surface area (Å²) in [6, 6.07) is 4.82. The Morgan fingerprint density at radius 1 is 1.56 bits per heavy atom. The number of carbonyl (C=O) groups is 1. The Morgan fingerprint density at radius 3 is 2.81 bits per heavy atom. The van der Waals surface area contributed by atoms with Gasteiger partial charge in [-0.1, -0.05) is 12.1 Å². The molecule has 0 aliphatic heterocycles. The van der Waals surface area contributed by atoms with E-state index >= 15 is 0 Å². The van der Waals surface area contributed by atoms with Gasteiger partial charge in [-0.05, 0) is 30.5 Å². The van der Waals surface area contributed by atoms with E-state index in [0.29, 0.717) is 12.0 Å². The summed E-state index contributed by atoms with van der Waals surface area (Å²) in [5, 5.41) is -0.322. The standard InChI is InChI=1S/C12H14ClFO2/c1-8-5-9(3-4-11(8)14)6-10(13)7-12(15)16-2/h3-5,10H,6-7H2,1-2H3. The van der Waals surface area contributed by atoms with Crippen molar-refractivity contribution in [3.8, 4) is 0 Å². The van der Waals surface area contributed by atoms with E-state index in [2.05, 4.69) is 4.74 Å². The SMILES string of the molecule is COC(=O)CC(Cl)Cc1ccc(F)c(C)c1. The lowest BCUT2D eigenvalue weighted by molar-refractivity contribution is -0.140. The lowest BCUT2D eigenvalue weighted by Gasteiger charge is -2.08. The van der Waals surface area contributed by atoms with Crippen LogP contribution in [0.4, 0.5) is 4.39 Å². The Balaban J connectivity index is 2.59. The number of ether oxygens (including phenoxy) is 1. The van der Waals surface area contributed by atoms with Gasteiger partial charge in [0.25, 0.3) is 0 Å². The molecule has 0 aromatic heterocycles. The van der Waals surface area contributed by atoms with Gasteiger partial charge in [0.15, 0.2) is 0 Å². The lowest BCUT2D eigenvalue weighted by atomic mass is 10.1. The van der Waals surface area contributed by atoms with E-state index in [1.165, 1.54) is 13.2 Å². The largest absolute Gasteiger partial charge is 0.469 e. The number of benzene rings is 1. The molecule has 0 spiro atoms. The first-order chi connectivity index (χ1) is 7.52. The molecule has 4 heteroatoms. The number of carbonyl (C=O) groups excluding carboxylic acids is 1. The topological polar surface area (TPSA) is 26.3 Å². The third kappa shape index (κ3) is 3.81. The fraction of sp³-hybridized carbons (Fsp3) is 0.417. The van der Waals surface area contributed by atoms with E-state index in [-0.39, 0.29) is 23.6 Å². The van der Waals surface area contributed by atoms with E-state index in [4.69, 9.17) is 11.6 Å². The van der Waals surface area contributed by atoms with Crippen molar-refractivity contribution >= 4 is 17.6 Å². The van der Waals surface area contributed by atoms with Crippen LogP contribution in [0.2, 0.25) is 0 Å². The molecule has 1 aromatic carbocycles. The van der Waals surface area contributed by atoms with E-state index in [0.717, 1.165) is 5.56 Å². The fourth-order valence-electron chi connectivity index (χ4n) is 1.43. The summed E-state index contributed by atoms with van der Waals surface area (Å²) >= 11 is 5.99. The van der Waals surface area contributed by atoms with Gasteiger partial charge < -0.3 is 4.74 Å². The molecule has 1 atom stereocenters. The summed E-state index contributed by atoms with van der Waals surface area (Å²) in [7, 11) is 1.33. The van der Waals surface area contributed by atoms with Crippen LogP contribution in [0.25, 0.3) is 0 Å². The van der Waals surface area contributed by atoms with Crippen molar-refractivity contribution in [1.82, 2.24) is 0 Å². The predicted octanol–water partition coefficient (Wildman–Crippen LogP) is 2.85. The number of hydrogen-bond donors (Lipinski definition) is 0. The van der Waals surface area contributed by atoms with Gasteiger partial charge >= 0.3 is 5.97 Å². The Hall–Kier alpha value is -1.09. The predicted molar refractivity (Wildman–Crippen MR) is 61.1 cm³/mol.